The number of hydrogen-bond acceptors (Lipinski definition) is 2. The van der Waals surface area contributed by atoms with Crippen LogP contribution in [0.5, 0.6) is 0 Å². The first-order chi connectivity index (χ1) is 5.66. The number of rotatable bonds is 2. The van der Waals surface area contributed by atoms with Crippen LogP contribution in [0.1, 0.15) is 10.4 Å². The van der Waals surface area contributed by atoms with Gasteiger partial charge >= 0.3 is 0 Å². The lowest BCUT2D eigenvalue weighted by Crippen LogP contribution is -2.04. The molecule has 1 aromatic rings. The maximum Gasteiger partial charge on any atom is 0.228 e. The van der Waals surface area contributed by atoms with Crippen LogP contribution < -0.4 is 0 Å². The van der Waals surface area contributed by atoms with Gasteiger partial charge in [-0.05, 0) is 12.1 Å². The van der Waals surface area contributed by atoms with Crippen molar-refractivity contribution in [3.05, 3.63) is 35.4 Å². The maximum absolute atomic E-state index is 12.7. The van der Waals surface area contributed by atoms with Crippen molar-refractivity contribution in [1.82, 2.24) is 0 Å². The summed E-state index contributed by atoms with van der Waals surface area (Å²) in [6, 6.07) is 3.08. The zero-order valence-electron chi connectivity index (χ0n) is 6.38. The standard InChI is InChI=1S/C8H4F2O2.H2O/c9-6-3-1-2-5(8(6)10)7(12)4-11;/h1-4H;1H2. The molecule has 0 aromatic heterocycles. The number of carbonyl (C=O) groups is 2. The van der Waals surface area contributed by atoms with E-state index in [4.69, 9.17) is 0 Å². The minimum atomic E-state index is -1.28. The monoisotopic (exact) mass is 188 g/mol. The Balaban J connectivity index is 0.00000144. The highest BCUT2D eigenvalue weighted by molar-refractivity contribution is 6.33. The van der Waals surface area contributed by atoms with E-state index in [2.05, 4.69) is 0 Å². The molecular formula is C8H6F2O3. The van der Waals surface area contributed by atoms with Crippen molar-refractivity contribution in [3.8, 4) is 0 Å². The largest absolute Gasteiger partial charge is 0.412 e. The van der Waals surface area contributed by atoms with Gasteiger partial charge in [0.25, 0.3) is 0 Å². The fraction of sp³-hybridized carbons (Fsp3) is 0. The second-order valence-electron chi connectivity index (χ2n) is 2.08. The van der Waals surface area contributed by atoms with E-state index in [0.29, 0.717) is 0 Å². The highest BCUT2D eigenvalue weighted by Gasteiger charge is 2.13. The topological polar surface area (TPSA) is 65.6 Å². The van der Waals surface area contributed by atoms with Crippen LogP contribution in [0.3, 0.4) is 0 Å². The predicted octanol–water partition coefficient (Wildman–Crippen LogP) is 0.522. The van der Waals surface area contributed by atoms with Crippen LogP contribution in [0.25, 0.3) is 0 Å². The van der Waals surface area contributed by atoms with Crippen molar-refractivity contribution in [1.29, 1.82) is 0 Å². The summed E-state index contributed by atoms with van der Waals surface area (Å²) in [5.41, 5.74) is -0.537. The van der Waals surface area contributed by atoms with Gasteiger partial charge in [-0.2, -0.15) is 0 Å². The Labute approximate surface area is 72.3 Å². The van der Waals surface area contributed by atoms with E-state index in [1.54, 1.807) is 0 Å². The molecule has 1 rings (SSSR count). The molecule has 0 heterocycles. The molecule has 1 aromatic carbocycles. The summed E-state index contributed by atoms with van der Waals surface area (Å²) in [5.74, 6) is -3.48. The average molecular weight is 188 g/mol. The van der Waals surface area contributed by atoms with E-state index in [1.807, 2.05) is 0 Å². The third kappa shape index (κ3) is 2.16. The Morgan fingerprint density at radius 3 is 2.46 bits per heavy atom. The Bertz CT molecular complexity index is 336. The van der Waals surface area contributed by atoms with Crippen LogP contribution in [0, 0.1) is 11.6 Å². The quantitative estimate of drug-likeness (QED) is 0.385. The number of aldehydes is 1. The molecule has 0 aliphatic heterocycles. The van der Waals surface area contributed by atoms with E-state index < -0.39 is 23.0 Å². The number of hydrogen-bond donors (Lipinski definition) is 0. The molecule has 0 saturated carbocycles. The molecule has 0 aliphatic rings. The van der Waals surface area contributed by atoms with Gasteiger partial charge in [-0.25, -0.2) is 8.78 Å². The molecule has 0 fully saturated rings. The zero-order chi connectivity index (χ0) is 9.14. The molecule has 0 bridgehead atoms. The van der Waals surface area contributed by atoms with Crippen LogP contribution in [0.2, 0.25) is 0 Å². The van der Waals surface area contributed by atoms with Gasteiger partial charge in [-0.15, -0.1) is 0 Å². The maximum atomic E-state index is 12.7. The van der Waals surface area contributed by atoms with E-state index in [1.165, 1.54) is 0 Å². The molecular weight excluding hydrogens is 182 g/mol. The molecule has 0 amide bonds. The molecule has 0 saturated heterocycles. The fourth-order valence-electron chi connectivity index (χ4n) is 0.758. The SMILES string of the molecule is O.O=CC(=O)c1cccc(F)c1F. The molecule has 0 atom stereocenters. The summed E-state index contributed by atoms with van der Waals surface area (Å²) in [6.07, 6.45) is -0.0577. The average Bonchev–Trinajstić information content (AvgIpc) is 2.08. The summed E-state index contributed by atoms with van der Waals surface area (Å²) in [4.78, 5) is 20.5. The molecule has 0 radical (unpaired) electrons. The molecule has 0 spiro atoms. The Kier molecular flexibility index (Phi) is 3.87. The van der Waals surface area contributed by atoms with E-state index in [0.717, 1.165) is 18.2 Å². The van der Waals surface area contributed by atoms with Gasteiger partial charge < -0.3 is 5.48 Å². The van der Waals surface area contributed by atoms with Gasteiger partial charge in [0.15, 0.2) is 17.9 Å². The number of carbonyl (C=O) groups excluding carboxylic acids is 2. The van der Waals surface area contributed by atoms with E-state index in [9.17, 15) is 18.4 Å². The van der Waals surface area contributed by atoms with Crippen molar-refractivity contribution >= 4 is 12.1 Å². The number of ketones is 1. The van der Waals surface area contributed by atoms with Gasteiger partial charge in [-0.3, -0.25) is 9.59 Å². The second kappa shape index (κ2) is 4.42. The molecule has 5 heteroatoms. The summed E-state index contributed by atoms with van der Waals surface area (Å²) >= 11 is 0. The number of Topliss-reactive ketones (excluding diaryl/α,β-unsaturated/α-hetero) is 1. The van der Waals surface area contributed by atoms with Gasteiger partial charge in [0.1, 0.15) is 0 Å². The summed E-state index contributed by atoms with van der Waals surface area (Å²) in [5, 5.41) is 0. The highest BCUT2D eigenvalue weighted by Crippen LogP contribution is 2.10. The first kappa shape index (κ1) is 11.4. The lowest BCUT2D eigenvalue weighted by atomic mass is 10.1. The predicted molar refractivity (Wildman–Crippen MR) is 40.4 cm³/mol. The van der Waals surface area contributed by atoms with Crippen LogP contribution in [-0.4, -0.2) is 17.5 Å². The molecule has 70 valence electrons. The number of benzene rings is 1. The normalized spacial score (nSPS) is 8.77. The van der Waals surface area contributed by atoms with Gasteiger partial charge in [0, 0.05) is 0 Å². The fourth-order valence-corrected chi connectivity index (χ4v) is 0.758. The Morgan fingerprint density at radius 1 is 1.31 bits per heavy atom. The number of halogens is 2. The van der Waals surface area contributed by atoms with Gasteiger partial charge in [0.2, 0.25) is 5.78 Å². The first-order valence-electron chi connectivity index (χ1n) is 3.10. The molecule has 0 aliphatic carbocycles. The minimum Gasteiger partial charge on any atom is -0.412 e. The third-order valence-corrected chi connectivity index (χ3v) is 1.32. The second-order valence-corrected chi connectivity index (χ2v) is 2.08. The third-order valence-electron chi connectivity index (χ3n) is 1.32. The molecule has 0 unspecified atom stereocenters. The van der Waals surface area contributed by atoms with Crippen molar-refractivity contribution in [2.24, 2.45) is 0 Å². The van der Waals surface area contributed by atoms with E-state index >= 15 is 0 Å². The van der Waals surface area contributed by atoms with Gasteiger partial charge in [-0.1, -0.05) is 6.07 Å². The van der Waals surface area contributed by atoms with Crippen LogP contribution in [0.15, 0.2) is 18.2 Å². The highest BCUT2D eigenvalue weighted by atomic mass is 19.2. The molecule has 3 nitrogen and oxygen atoms in total. The lowest BCUT2D eigenvalue weighted by Gasteiger charge is -1.96. The summed E-state index contributed by atoms with van der Waals surface area (Å²) < 4.78 is 25.1. The Hall–Kier alpha value is -1.62. The minimum absolute atomic E-state index is 0. The smallest absolute Gasteiger partial charge is 0.228 e. The van der Waals surface area contributed by atoms with Crippen molar-refractivity contribution in [3.63, 3.8) is 0 Å². The Morgan fingerprint density at radius 2 is 1.92 bits per heavy atom. The molecule has 13 heavy (non-hydrogen) atoms. The van der Waals surface area contributed by atoms with Crippen LogP contribution in [-0.2, 0) is 4.79 Å². The molecule has 2 N–H and O–H groups in total. The van der Waals surface area contributed by atoms with Crippen LogP contribution >= 0.6 is 0 Å². The van der Waals surface area contributed by atoms with Crippen molar-refractivity contribution in [2.75, 3.05) is 0 Å². The first-order valence-corrected chi connectivity index (χ1v) is 3.10. The van der Waals surface area contributed by atoms with Crippen molar-refractivity contribution in [2.45, 2.75) is 0 Å². The zero-order valence-corrected chi connectivity index (χ0v) is 6.38. The van der Waals surface area contributed by atoms with Crippen molar-refractivity contribution < 1.29 is 23.8 Å². The van der Waals surface area contributed by atoms with E-state index in [-0.39, 0.29) is 11.8 Å². The van der Waals surface area contributed by atoms with Gasteiger partial charge in [0.05, 0.1) is 5.56 Å². The lowest BCUT2D eigenvalue weighted by molar-refractivity contribution is -0.104. The summed E-state index contributed by atoms with van der Waals surface area (Å²) in [6.45, 7) is 0. The summed E-state index contributed by atoms with van der Waals surface area (Å²) in [7, 11) is 0. The van der Waals surface area contributed by atoms with Crippen LogP contribution in [0.4, 0.5) is 8.78 Å².